The van der Waals surface area contributed by atoms with E-state index in [0.717, 1.165) is 43.4 Å². The fourth-order valence-corrected chi connectivity index (χ4v) is 4.39. The van der Waals surface area contributed by atoms with Gasteiger partial charge in [0.25, 0.3) is 0 Å². The van der Waals surface area contributed by atoms with Gasteiger partial charge in [0.1, 0.15) is 17.5 Å². The van der Waals surface area contributed by atoms with Crippen LogP contribution in [0.2, 0.25) is 0 Å². The van der Waals surface area contributed by atoms with E-state index in [1.54, 1.807) is 0 Å². The number of carbonyl (C=O) groups is 2. The minimum atomic E-state index is -0.533. The number of esters is 1. The van der Waals surface area contributed by atoms with Gasteiger partial charge in [0.2, 0.25) is 5.91 Å². The number of hydrogen-bond donors (Lipinski definition) is 0. The number of likely N-dealkylation sites (tertiary alicyclic amines) is 1. The Bertz CT molecular complexity index is 674. The highest BCUT2D eigenvalue weighted by molar-refractivity contribution is 5.88. The zero-order valence-corrected chi connectivity index (χ0v) is 14.7. The first kappa shape index (κ1) is 16.4. The van der Waals surface area contributed by atoms with Crippen molar-refractivity contribution in [2.75, 3.05) is 13.1 Å². The van der Waals surface area contributed by atoms with Crippen molar-refractivity contribution >= 4 is 11.9 Å². The minimum absolute atomic E-state index is 0.0328. The molecule has 3 fully saturated rings. The number of hydrogen-bond acceptors (Lipinski definition) is 4. The summed E-state index contributed by atoms with van der Waals surface area (Å²) in [5.74, 6) is 0.424. The molecule has 1 saturated carbocycles. The van der Waals surface area contributed by atoms with Crippen LogP contribution in [-0.4, -0.2) is 41.6 Å². The van der Waals surface area contributed by atoms with Gasteiger partial charge in [-0.3, -0.25) is 9.59 Å². The Labute approximate surface area is 148 Å². The highest BCUT2D eigenvalue weighted by Gasteiger charge is 2.54. The van der Waals surface area contributed by atoms with Crippen LogP contribution >= 0.6 is 0 Å². The third kappa shape index (κ3) is 3.00. The summed E-state index contributed by atoms with van der Waals surface area (Å²) in [6.07, 6.45) is 5.16. The maximum Gasteiger partial charge on any atom is 0.307 e. The Morgan fingerprint density at radius 1 is 1.20 bits per heavy atom. The Kier molecular flexibility index (Phi) is 4.18. The van der Waals surface area contributed by atoms with Crippen molar-refractivity contribution in [1.29, 1.82) is 0 Å². The van der Waals surface area contributed by atoms with Crippen LogP contribution in [-0.2, 0) is 14.3 Å². The third-order valence-corrected chi connectivity index (χ3v) is 5.87. The molecule has 2 aliphatic heterocycles. The summed E-state index contributed by atoms with van der Waals surface area (Å²) in [7, 11) is 0. The Balaban J connectivity index is 1.38. The number of rotatable bonds is 3. The highest BCUT2D eigenvalue weighted by Crippen LogP contribution is 2.45. The lowest BCUT2D eigenvalue weighted by Crippen LogP contribution is -2.59. The average molecular weight is 343 g/mol. The maximum absolute atomic E-state index is 12.9. The summed E-state index contributed by atoms with van der Waals surface area (Å²) in [5.41, 5.74) is 0.567. The van der Waals surface area contributed by atoms with Gasteiger partial charge < -0.3 is 14.4 Å². The van der Waals surface area contributed by atoms with Gasteiger partial charge in [0, 0.05) is 0 Å². The lowest BCUT2D eigenvalue weighted by atomic mass is 9.75. The molecular formula is C20H25NO4. The van der Waals surface area contributed by atoms with Gasteiger partial charge >= 0.3 is 5.97 Å². The van der Waals surface area contributed by atoms with E-state index < -0.39 is 5.60 Å². The SMILES string of the molecule is Cc1ccccc1OC1CN(C(=O)[C@@H]2CC(=O)OC23CCCCC3)C1. The van der Waals surface area contributed by atoms with Crippen molar-refractivity contribution in [2.45, 2.75) is 57.2 Å². The zero-order chi connectivity index (χ0) is 17.4. The van der Waals surface area contributed by atoms with Gasteiger partial charge in [0.15, 0.2) is 0 Å². The van der Waals surface area contributed by atoms with E-state index >= 15 is 0 Å². The normalized spacial score (nSPS) is 25.6. The zero-order valence-electron chi connectivity index (χ0n) is 14.7. The molecule has 2 heterocycles. The lowest BCUT2D eigenvalue weighted by Gasteiger charge is -2.43. The van der Waals surface area contributed by atoms with Gasteiger partial charge in [-0.25, -0.2) is 0 Å². The van der Waals surface area contributed by atoms with E-state index in [1.807, 2.05) is 36.1 Å². The second-order valence-corrected chi connectivity index (χ2v) is 7.60. The van der Waals surface area contributed by atoms with Crippen LogP contribution in [0.3, 0.4) is 0 Å². The van der Waals surface area contributed by atoms with E-state index in [9.17, 15) is 9.59 Å². The maximum atomic E-state index is 12.9. The van der Waals surface area contributed by atoms with Gasteiger partial charge in [-0.1, -0.05) is 24.6 Å². The Morgan fingerprint density at radius 2 is 1.92 bits per heavy atom. The molecule has 1 aliphatic carbocycles. The summed E-state index contributed by atoms with van der Waals surface area (Å²) in [6, 6.07) is 7.92. The molecule has 134 valence electrons. The first-order valence-electron chi connectivity index (χ1n) is 9.30. The predicted octanol–water partition coefficient (Wildman–Crippen LogP) is 2.85. The number of para-hydroxylation sites is 1. The molecule has 0 unspecified atom stereocenters. The molecule has 5 nitrogen and oxygen atoms in total. The van der Waals surface area contributed by atoms with E-state index in [4.69, 9.17) is 9.47 Å². The molecule has 5 heteroatoms. The van der Waals surface area contributed by atoms with E-state index in [1.165, 1.54) is 0 Å². The van der Waals surface area contributed by atoms with E-state index in [0.29, 0.717) is 13.1 Å². The first-order valence-corrected chi connectivity index (χ1v) is 9.30. The van der Waals surface area contributed by atoms with Crippen molar-refractivity contribution in [3.63, 3.8) is 0 Å². The molecule has 25 heavy (non-hydrogen) atoms. The Morgan fingerprint density at radius 3 is 2.64 bits per heavy atom. The molecule has 0 bridgehead atoms. The van der Waals surface area contributed by atoms with Crippen LogP contribution in [0.4, 0.5) is 0 Å². The average Bonchev–Trinajstić information content (AvgIpc) is 2.88. The molecule has 0 N–H and O–H groups in total. The van der Waals surface area contributed by atoms with Crippen molar-refractivity contribution < 1.29 is 19.1 Å². The lowest BCUT2D eigenvalue weighted by molar-refractivity contribution is -0.159. The van der Waals surface area contributed by atoms with E-state index in [2.05, 4.69) is 0 Å². The summed E-state index contributed by atoms with van der Waals surface area (Å²) >= 11 is 0. The molecule has 1 amide bonds. The summed E-state index contributed by atoms with van der Waals surface area (Å²) in [6.45, 7) is 3.20. The van der Waals surface area contributed by atoms with Gasteiger partial charge in [-0.2, -0.15) is 0 Å². The van der Waals surface area contributed by atoms with Crippen LogP contribution in [0.5, 0.6) is 5.75 Å². The smallest absolute Gasteiger partial charge is 0.307 e. The predicted molar refractivity (Wildman–Crippen MR) is 92.2 cm³/mol. The van der Waals surface area contributed by atoms with Crippen LogP contribution in [0.1, 0.15) is 44.1 Å². The number of ether oxygens (including phenoxy) is 2. The molecule has 0 radical (unpaired) electrons. The van der Waals surface area contributed by atoms with Crippen LogP contribution in [0, 0.1) is 12.8 Å². The monoisotopic (exact) mass is 343 g/mol. The number of amides is 1. The molecule has 4 rings (SSSR count). The van der Waals surface area contributed by atoms with Crippen LogP contribution in [0.25, 0.3) is 0 Å². The van der Waals surface area contributed by atoms with Crippen molar-refractivity contribution in [3.8, 4) is 5.75 Å². The summed E-state index contributed by atoms with van der Waals surface area (Å²) < 4.78 is 11.7. The molecule has 3 aliphatic rings. The van der Waals surface area contributed by atoms with Crippen LogP contribution < -0.4 is 4.74 Å². The third-order valence-electron chi connectivity index (χ3n) is 5.87. The molecule has 2 saturated heterocycles. The molecule has 1 spiro atoms. The Hall–Kier alpha value is -2.04. The number of benzene rings is 1. The fraction of sp³-hybridized carbons (Fsp3) is 0.600. The fourth-order valence-electron chi connectivity index (χ4n) is 4.39. The van der Waals surface area contributed by atoms with Gasteiger partial charge in [-0.05, 0) is 44.2 Å². The number of carbonyl (C=O) groups excluding carboxylic acids is 2. The van der Waals surface area contributed by atoms with Crippen LogP contribution in [0.15, 0.2) is 24.3 Å². The van der Waals surface area contributed by atoms with E-state index in [-0.39, 0.29) is 30.3 Å². The van der Waals surface area contributed by atoms with Crippen molar-refractivity contribution in [1.82, 2.24) is 4.90 Å². The largest absolute Gasteiger partial charge is 0.486 e. The number of aryl methyl sites for hydroxylation is 1. The molecule has 1 atom stereocenters. The molecule has 1 aromatic rings. The molecular weight excluding hydrogens is 318 g/mol. The second-order valence-electron chi connectivity index (χ2n) is 7.60. The minimum Gasteiger partial charge on any atom is -0.486 e. The highest BCUT2D eigenvalue weighted by atomic mass is 16.6. The second kappa shape index (κ2) is 6.36. The van der Waals surface area contributed by atoms with Crippen molar-refractivity contribution in [3.05, 3.63) is 29.8 Å². The van der Waals surface area contributed by atoms with Crippen molar-refractivity contribution in [2.24, 2.45) is 5.92 Å². The molecule has 0 aromatic heterocycles. The summed E-state index contributed by atoms with van der Waals surface area (Å²) in [4.78, 5) is 26.7. The van der Waals surface area contributed by atoms with Gasteiger partial charge in [0.05, 0.1) is 25.4 Å². The summed E-state index contributed by atoms with van der Waals surface area (Å²) in [5, 5.41) is 0. The first-order chi connectivity index (χ1) is 12.1. The topological polar surface area (TPSA) is 55.8 Å². The quantitative estimate of drug-likeness (QED) is 0.792. The van der Waals surface area contributed by atoms with Gasteiger partial charge in [-0.15, -0.1) is 0 Å². The molecule has 1 aromatic carbocycles. The number of nitrogens with zero attached hydrogens (tertiary/aromatic N) is 1. The standard InChI is InChI=1S/C20H25NO4/c1-14-7-3-4-8-17(14)24-15-12-21(13-15)19(23)16-11-18(22)25-20(16)9-5-2-6-10-20/h3-4,7-8,15-16H,2,5-6,9-13H2,1H3/t16-/m0/s1.